The molecule has 80 valence electrons. The summed E-state index contributed by atoms with van der Waals surface area (Å²) >= 11 is 5.53. The molecule has 0 aromatic heterocycles. The summed E-state index contributed by atoms with van der Waals surface area (Å²) in [5.74, 6) is 0.437. The molecule has 0 fully saturated rings. The highest BCUT2D eigenvalue weighted by Gasteiger charge is 2.06. The molecule has 0 saturated carbocycles. The Balaban J connectivity index is 3.25. The smallest absolute Gasteiger partial charge is 0.161 e. The lowest BCUT2D eigenvalue weighted by Crippen LogP contribution is -2.12. The number of Topliss-reactive ketones (excluding diaryl/α,β-unsaturated/α-hetero) is 1. The lowest BCUT2D eigenvalue weighted by molar-refractivity contribution is 0.101. The first kappa shape index (κ1) is 11.7. The number of halogens is 1. The molecule has 2 N–H and O–H groups in total. The molecule has 0 heterocycles. The molecule has 1 rings (SSSR count). The van der Waals surface area contributed by atoms with E-state index in [0.717, 1.165) is 5.56 Å². The minimum absolute atomic E-state index is 0.0314. The molecule has 0 spiro atoms. The molecule has 0 bridgehead atoms. The fraction of sp³-hybridized carbons (Fsp3) is 0.273. The van der Waals surface area contributed by atoms with Crippen molar-refractivity contribution >= 4 is 28.9 Å². The third kappa shape index (κ3) is 3.06. The second-order valence-corrected chi connectivity index (χ2v) is 3.58. The van der Waals surface area contributed by atoms with Crippen molar-refractivity contribution < 1.29 is 4.79 Å². The van der Waals surface area contributed by atoms with Gasteiger partial charge in [-0.15, -0.1) is 11.6 Å². The number of carbonyl (C=O) groups excluding carboxylic acids is 1. The quantitative estimate of drug-likeness (QED) is 0.371. The van der Waals surface area contributed by atoms with Gasteiger partial charge in [0.1, 0.15) is 5.84 Å². The maximum absolute atomic E-state index is 11.3. The Morgan fingerprint density at radius 2 is 2.20 bits per heavy atom. The number of alkyl halides is 1. The van der Waals surface area contributed by atoms with E-state index < -0.39 is 0 Å². The summed E-state index contributed by atoms with van der Waals surface area (Å²) < 4.78 is 0. The molecule has 0 radical (unpaired) electrons. The van der Waals surface area contributed by atoms with Crippen molar-refractivity contribution in [1.82, 2.24) is 0 Å². The summed E-state index contributed by atoms with van der Waals surface area (Å²) in [6, 6.07) is 5.43. The van der Waals surface area contributed by atoms with Gasteiger partial charge in [-0.2, -0.15) is 0 Å². The van der Waals surface area contributed by atoms with Crippen LogP contribution in [-0.4, -0.2) is 17.5 Å². The van der Waals surface area contributed by atoms with Gasteiger partial charge in [0.15, 0.2) is 5.78 Å². The van der Waals surface area contributed by atoms with Crippen molar-refractivity contribution in [3.05, 3.63) is 29.3 Å². The largest absolute Gasteiger partial charge is 0.386 e. The van der Waals surface area contributed by atoms with Crippen LogP contribution in [0.4, 0.5) is 5.69 Å². The van der Waals surface area contributed by atoms with E-state index in [4.69, 9.17) is 17.3 Å². The van der Waals surface area contributed by atoms with Crippen LogP contribution in [0.25, 0.3) is 0 Å². The van der Waals surface area contributed by atoms with E-state index >= 15 is 0 Å². The van der Waals surface area contributed by atoms with Crippen LogP contribution in [0.15, 0.2) is 23.2 Å². The van der Waals surface area contributed by atoms with Crippen molar-refractivity contribution in [2.45, 2.75) is 13.8 Å². The normalized spacial score (nSPS) is 11.5. The van der Waals surface area contributed by atoms with Crippen molar-refractivity contribution in [1.29, 1.82) is 0 Å². The second-order valence-electron chi connectivity index (χ2n) is 3.31. The molecule has 0 atom stereocenters. The lowest BCUT2D eigenvalue weighted by atomic mass is 10.1. The summed E-state index contributed by atoms with van der Waals surface area (Å²) in [5.41, 5.74) is 7.71. The van der Waals surface area contributed by atoms with E-state index in [1.807, 2.05) is 19.1 Å². The van der Waals surface area contributed by atoms with Crippen molar-refractivity contribution in [3.63, 3.8) is 0 Å². The highest BCUT2D eigenvalue weighted by Crippen LogP contribution is 2.21. The monoisotopic (exact) mass is 224 g/mol. The number of ketones is 1. The SMILES string of the molecule is CC(=O)c1ccc(C)cc1N=C(N)CCl. The second kappa shape index (κ2) is 4.94. The Kier molecular flexibility index (Phi) is 3.86. The lowest BCUT2D eigenvalue weighted by Gasteiger charge is -2.04. The van der Waals surface area contributed by atoms with Crippen molar-refractivity contribution in [2.75, 3.05) is 5.88 Å². The van der Waals surface area contributed by atoms with Gasteiger partial charge >= 0.3 is 0 Å². The van der Waals surface area contributed by atoms with Crippen LogP contribution in [0.2, 0.25) is 0 Å². The first-order valence-electron chi connectivity index (χ1n) is 4.55. The Labute approximate surface area is 94.0 Å². The minimum Gasteiger partial charge on any atom is -0.386 e. The predicted octanol–water partition coefficient (Wildman–Crippen LogP) is 2.43. The molecule has 1 aromatic carbocycles. The number of hydrogen-bond donors (Lipinski definition) is 1. The number of nitrogens with zero attached hydrogens (tertiary/aromatic N) is 1. The summed E-state index contributed by atoms with van der Waals surface area (Å²) in [6.07, 6.45) is 0. The van der Waals surface area contributed by atoms with Crippen molar-refractivity contribution in [2.24, 2.45) is 10.7 Å². The molecule has 0 amide bonds. The highest BCUT2D eigenvalue weighted by atomic mass is 35.5. The molecule has 1 aromatic rings. The van der Waals surface area contributed by atoms with Crippen LogP contribution in [0.3, 0.4) is 0 Å². The van der Waals surface area contributed by atoms with Gasteiger partial charge in [0.25, 0.3) is 0 Å². The van der Waals surface area contributed by atoms with Gasteiger partial charge in [-0.25, -0.2) is 4.99 Å². The standard InChI is InChI=1S/C11H13ClN2O/c1-7-3-4-9(8(2)15)10(5-7)14-11(13)6-12/h3-5H,6H2,1-2H3,(H2,13,14). The minimum atomic E-state index is -0.0314. The molecule has 0 saturated heterocycles. The predicted molar refractivity (Wildman–Crippen MR) is 63.2 cm³/mol. The molecule has 4 heteroatoms. The summed E-state index contributed by atoms with van der Waals surface area (Å²) in [4.78, 5) is 15.4. The first-order chi connectivity index (χ1) is 7.04. The van der Waals surface area contributed by atoms with Gasteiger partial charge in [0, 0.05) is 5.56 Å². The third-order valence-electron chi connectivity index (χ3n) is 1.93. The zero-order valence-corrected chi connectivity index (χ0v) is 9.51. The fourth-order valence-electron chi connectivity index (χ4n) is 1.22. The van der Waals surface area contributed by atoms with Gasteiger partial charge in [0.05, 0.1) is 11.6 Å². The first-order valence-corrected chi connectivity index (χ1v) is 5.08. The van der Waals surface area contributed by atoms with E-state index in [1.165, 1.54) is 6.92 Å². The number of aryl methyl sites for hydroxylation is 1. The van der Waals surface area contributed by atoms with Crippen LogP contribution >= 0.6 is 11.6 Å². The van der Waals surface area contributed by atoms with Crippen LogP contribution in [0.5, 0.6) is 0 Å². The molecular weight excluding hydrogens is 212 g/mol. The maximum Gasteiger partial charge on any atom is 0.161 e. The zero-order valence-electron chi connectivity index (χ0n) is 8.75. The van der Waals surface area contributed by atoms with Crippen LogP contribution in [0.1, 0.15) is 22.8 Å². The Morgan fingerprint density at radius 1 is 1.53 bits per heavy atom. The number of amidine groups is 1. The molecule has 0 aliphatic heterocycles. The molecular formula is C11H13ClN2O. The molecule has 3 nitrogen and oxygen atoms in total. The number of rotatable bonds is 3. The van der Waals surface area contributed by atoms with E-state index in [-0.39, 0.29) is 11.7 Å². The maximum atomic E-state index is 11.3. The van der Waals surface area contributed by atoms with E-state index in [1.54, 1.807) is 6.07 Å². The van der Waals surface area contributed by atoms with E-state index in [0.29, 0.717) is 17.1 Å². The van der Waals surface area contributed by atoms with Gasteiger partial charge in [0.2, 0.25) is 0 Å². The number of aliphatic imine (C=N–C) groups is 1. The average Bonchev–Trinajstić information content (AvgIpc) is 2.17. The molecule has 0 unspecified atom stereocenters. The van der Waals surface area contributed by atoms with Crippen LogP contribution in [-0.2, 0) is 0 Å². The molecule has 0 aliphatic carbocycles. The van der Waals surface area contributed by atoms with Gasteiger partial charge < -0.3 is 5.73 Å². The summed E-state index contributed by atoms with van der Waals surface area (Å²) in [5, 5.41) is 0. The zero-order chi connectivity index (χ0) is 11.4. The highest BCUT2D eigenvalue weighted by molar-refractivity contribution is 6.28. The van der Waals surface area contributed by atoms with Crippen LogP contribution < -0.4 is 5.73 Å². The summed E-state index contributed by atoms with van der Waals surface area (Å²) in [7, 11) is 0. The number of carbonyl (C=O) groups is 1. The van der Waals surface area contributed by atoms with Gasteiger partial charge in [-0.05, 0) is 31.5 Å². The average molecular weight is 225 g/mol. The number of benzene rings is 1. The summed E-state index contributed by atoms with van der Waals surface area (Å²) in [6.45, 7) is 3.43. The van der Waals surface area contributed by atoms with Gasteiger partial charge in [-0.1, -0.05) is 6.07 Å². The number of nitrogens with two attached hydrogens (primary N) is 1. The van der Waals surface area contributed by atoms with Crippen molar-refractivity contribution in [3.8, 4) is 0 Å². The van der Waals surface area contributed by atoms with E-state index in [9.17, 15) is 4.79 Å². The Bertz CT molecular complexity index is 413. The Morgan fingerprint density at radius 3 is 2.73 bits per heavy atom. The fourth-order valence-corrected chi connectivity index (χ4v) is 1.28. The van der Waals surface area contributed by atoms with Crippen LogP contribution in [0, 0.1) is 6.92 Å². The molecule has 15 heavy (non-hydrogen) atoms. The van der Waals surface area contributed by atoms with E-state index in [2.05, 4.69) is 4.99 Å². The number of hydrogen-bond acceptors (Lipinski definition) is 2. The van der Waals surface area contributed by atoms with Gasteiger partial charge in [-0.3, -0.25) is 4.79 Å². The Hall–Kier alpha value is -1.35. The molecule has 0 aliphatic rings. The topological polar surface area (TPSA) is 55.5 Å². The third-order valence-corrected chi connectivity index (χ3v) is 2.21.